The van der Waals surface area contributed by atoms with Crippen molar-refractivity contribution in [2.45, 2.75) is 6.92 Å². The van der Waals surface area contributed by atoms with E-state index in [0.29, 0.717) is 0 Å². The predicted octanol–water partition coefficient (Wildman–Crippen LogP) is 0.328. The molecule has 0 aliphatic heterocycles. The third kappa shape index (κ3) is 1.31. The van der Waals surface area contributed by atoms with Gasteiger partial charge in [-0.25, -0.2) is 9.78 Å². The van der Waals surface area contributed by atoms with Crippen LogP contribution < -0.4 is 0 Å². The van der Waals surface area contributed by atoms with E-state index in [1.165, 1.54) is 6.92 Å². The van der Waals surface area contributed by atoms with Crippen LogP contribution >= 0.6 is 0 Å². The van der Waals surface area contributed by atoms with E-state index < -0.39 is 23.4 Å². The number of aryl methyl sites for hydroxylation is 1. The Balaban J connectivity index is 3.37. The van der Waals surface area contributed by atoms with Gasteiger partial charge in [-0.2, -0.15) is 9.37 Å². The predicted molar refractivity (Wildman–Crippen MR) is 35.4 cm³/mol. The highest BCUT2D eigenvalue weighted by Crippen LogP contribution is 2.14. The molecule has 1 rings (SSSR count). The summed E-state index contributed by atoms with van der Waals surface area (Å²) in [5, 5.41) is 17.1. The summed E-state index contributed by atoms with van der Waals surface area (Å²) < 4.78 is 12.7. The van der Waals surface area contributed by atoms with Crippen molar-refractivity contribution in [3.63, 3.8) is 0 Å². The van der Waals surface area contributed by atoms with Crippen LogP contribution in [0.4, 0.5) is 4.39 Å². The van der Waals surface area contributed by atoms with Crippen LogP contribution in [0.5, 0.6) is 5.88 Å². The maximum Gasteiger partial charge on any atom is 0.357 e. The van der Waals surface area contributed by atoms with Crippen LogP contribution in [-0.2, 0) is 0 Å². The van der Waals surface area contributed by atoms with Crippen molar-refractivity contribution < 1.29 is 19.4 Å². The van der Waals surface area contributed by atoms with Crippen LogP contribution in [0.1, 0.15) is 16.3 Å². The number of aromatic nitrogens is 2. The first kappa shape index (κ1) is 8.38. The largest absolute Gasteiger partial charge is 0.491 e. The standard InChI is InChI=1S/C6H5FN2O3/c1-2-8-4(6(11)12)3(7)5(10)9-2/h1H3,(H,11,12)(H,8,9,10). The summed E-state index contributed by atoms with van der Waals surface area (Å²) in [4.78, 5) is 16.8. The molecule has 5 nitrogen and oxygen atoms in total. The van der Waals surface area contributed by atoms with Crippen molar-refractivity contribution in [1.29, 1.82) is 0 Å². The van der Waals surface area contributed by atoms with Gasteiger partial charge >= 0.3 is 5.97 Å². The van der Waals surface area contributed by atoms with Gasteiger partial charge in [0.05, 0.1) is 0 Å². The lowest BCUT2D eigenvalue weighted by atomic mass is 10.4. The Morgan fingerprint density at radius 2 is 2.08 bits per heavy atom. The van der Waals surface area contributed by atoms with Crippen LogP contribution in [-0.4, -0.2) is 26.2 Å². The van der Waals surface area contributed by atoms with Gasteiger partial charge in [-0.15, -0.1) is 0 Å². The van der Waals surface area contributed by atoms with Gasteiger partial charge in [0.15, 0.2) is 5.69 Å². The molecule has 0 saturated carbocycles. The Morgan fingerprint density at radius 1 is 1.50 bits per heavy atom. The zero-order chi connectivity index (χ0) is 9.30. The quantitative estimate of drug-likeness (QED) is 0.637. The summed E-state index contributed by atoms with van der Waals surface area (Å²) in [6, 6.07) is 0. The Hall–Kier alpha value is -1.72. The molecule has 12 heavy (non-hydrogen) atoms. The van der Waals surface area contributed by atoms with E-state index >= 15 is 0 Å². The minimum absolute atomic E-state index is 0.00583. The third-order valence-corrected chi connectivity index (χ3v) is 1.15. The lowest BCUT2D eigenvalue weighted by Gasteiger charge is -1.99. The fraction of sp³-hybridized carbons (Fsp3) is 0.167. The first-order valence-corrected chi connectivity index (χ1v) is 2.98. The third-order valence-electron chi connectivity index (χ3n) is 1.15. The highest BCUT2D eigenvalue weighted by atomic mass is 19.1. The van der Waals surface area contributed by atoms with Crippen molar-refractivity contribution in [1.82, 2.24) is 9.97 Å². The molecule has 0 aliphatic carbocycles. The number of aromatic carboxylic acids is 1. The second-order valence-electron chi connectivity index (χ2n) is 2.06. The zero-order valence-electron chi connectivity index (χ0n) is 6.08. The van der Waals surface area contributed by atoms with E-state index in [1.54, 1.807) is 0 Å². The van der Waals surface area contributed by atoms with Crippen molar-refractivity contribution in [3.05, 3.63) is 17.3 Å². The molecule has 0 atom stereocenters. The number of rotatable bonds is 1. The van der Waals surface area contributed by atoms with Crippen LogP contribution in [0.3, 0.4) is 0 Å². The first-order valence-electron chi connectivity index (χ1n) is 2.98. The SMILES string of the molecule is Cc1nc(O)c(F)c(C(=O)O)n1. The van der Waals surface area contributed by atoms with Gasteiger partial charge in [0.1, 0.15) is 5.82 Å². The molecule has 6 heteroatoms. The molecule has 0 fully saturated rings. The van der Waals surface area contributed by atoms with Gasteiger partial charge in [-0.3, -0.25) is 0 Å². The molecule has 2 N–H and O–H groups in total. The van der Waals surface area contributed by atoms with Crippen molar-refractivity contribution in [3.8, 4) is 5.88 Å². The van der Waals surface area contributed by atoms with E-state index in [9.17, 15) is 9.18 Å². The smallest absolute Gasteiger partial charge is 0.357 e. The lowest BCUT2D eigenvalue weighted by Crippen LogP contribution is -2.07. The number of hydrogen-bond donors (Lipinski definition) is 2. The zero-order valence-corrected chi connectivity index (χ0v) is 6.08. The minimum Gasteiger partial charge on any atom is -0.491 e. The van der Waals surface area contributed by atoms with E-state index in [-0.39, 0.29) is 5.82 Å². The molecule has 0 radical (unpaired) electrons. The van der Waals surface area contributed by atoms with Gasteiger partial charge in [-0.05, 0) is 6.92 Å². The van der Waals surface area contributed by atoms with Crippen LogP contribution in [0, 0.1) is 12.7 Å². The van der Waals surface area contributed by atoms with Crippen molar-refractivity contribution in [2.24, 2.45) is 0 Å². The van der Waals surface area contributed by atoms with Crippen LogP contribution in [0.2, 0.25) is 0 Å². The average Bonchev–Trinajstić information content (AvgIpc) is 1.96. The summed E-state index contributed by atoms with van der Waals surface area (Å²) in [5.41, 5.74) is -0.819. The average molecular weight is 172 g/mol. The van der Waals surface area contributed by atoms with Gasteiger partial charge in [0.2, 0.25) is 5.82 Å². The lowest BCUT2D eigenvalue weighted by molar-refractivity contribution is 0.0683. The number of aromatic hydroxyl groups is 1. The van der Waals surface area contributed by atoms with E-state index in [4.69, 9.17) is 10.2 Å². The fourth-order valence-corrected chi connectivity index (χ4v) is 0.686. The number of nitrogens with zero attached hydrogens (tertiary/aromatic N) is 2. The molecule has 0 aliphatic rings. The molecule has 1 aromatic rings. The number of carboxylic acids is 1. The van der Waals surface area contributed by atoms with Gasteiger partial charge in [0.25, 0.3) is 5.88 Å². The van der Waals surface area contributed by atoms with E-state index in [1.807, 2.05) is 0 Å². The molecule has 0 amide bonds. The first-order chi connectivity index (χ1) is 5.52. The number of carbonyl (C=O) groups is 1. The number of carboxylic acid groups (broad SMARTS) is 1. The molecule has 0 spiro atoms. The molecule has 0 saturated heterocycles. The van der Waals surface area contributed by atoms with E-state index in [0.717, 1.165) is 0 Å². The minimum atomic E-state index is -1.53. The fourth-order valence-electron chi connectivity index (χ4n) is 0.686. The Kier molecular flexibility index (Phi) is 1.90. The summed E-state index contributed by atoms with van der Waals surface area (Å²) in [6.45, 7) is 1.35. The maximum atomic E-state index is 12.7. The topological polar surface area (TPSA) is 83.3 Å². The highest BCUT2D eigenvalue weighted by molar-refractivity contribution is 5.85. The Morgan fingerprint density at radius 3 is 2.58 bits per heavy atom. The Bertz CT molecular complexity index is 340. The van der Waals surface area contributed by atoms with Crippen LogP contribution in [0.25, 0.3) is 0 Å². The molecule has 1 heterocycles. The van der Waals surface area contributed by atoms with Gasteiger partial charge in [-0.1, -0.05) is 0 Å². The number of hydrogen-bond acceptors (Lipinski definition) is 4. The van der Waals surface area contributed by atoms with Gasteiger partial charge in [0, 0.05) is 0 Å². The van der Waals surface area contributed by atoms with Gasteiger partial charge < -0.3 is 10.2 Å². The number of halogens is 1. The summed E-state index contributed by atoms with van der Waals surface area (Å²) in [7, 11) is 0. The summed E-state index contributed by atoms with van der Waals surface area (Å²) in [6.07, 6.45) is 0. The van der Waals surface area contributed by atoms with Crippen molar-refractivity contribution >= 4 is 5.97 Å². The molecule has 0 unspecified atom stereocenters. The molecule has 0 bridgehead atoms. The summed E-state index contributed by atoms with van der Waals surface area (Å²) in [5.74, 6) is -3.78. The maximum absolute atomic E-state index is 12.7. The highest BCUT2D eigenvalue weighted by Gasteiger charge is 2.17. The second-order valence-corrected chi connectivity index (χ2v) is 2.06. The second kappa shape index (κ2) is 2.72. The summed E-state index contributed by atoms with van der Waals surface area (Å²) >= 11 is 0. The molecule has 1 aromatic heterocycles. The molecule has 64 valence electrons. The normalized spacial score (nSPS) is 9.83. The van der Waals surface area contributed by atoms with Crippen LogP contribution in [0.15, 0.2) is 0 Å². The van der Waals surface area contributed by atoms with E-state index in [2.05, 4.69) is 9.97 Å². The molecular weight excluding hydrogens is 167 g/mol. The monoisotopic (exact) mass is 172 g/mol. The van der Waals surface area contributed by atoms with Crippen molar-refractivity contribution in [2.75, 3.05) is 0 Å². The Labute approximate surface area is 66.5 Å². The molecule has 0 aromatic carbocycles. The molecular formula is C6H5FN2O3.